The van der Waals surface area contributed by atoms with E-state index < -0.39 is 13.6 Å². The van der Waals surface area contributed by atoms with E-state index in [1.165, 1.54) is 16.6 Å². The van der Waals surface area contributed by atoms with Crippen molar-refractivity contribution < 1.29 is 13.6 Å². The Kier molecular flexibility index (Phi) is 8.62. The fourth-order valence-electron chi connectivity index (χ4n) is 9.61. The third-order valence-corrected chi connectivity index (χ3v) is 33.2. The van der Waals surface area contributed by atoms with Gasteiger partial charge in [-0.1, -0.05) is 0 Å². The van der Waals surface area contributed by atoms with Crippen LogP contribution in [0.2, 0.25) is 0 Å². The molecule has 0 amide bonds. The SMILES string of the molecule is C1=Cc2cc3ccc(cc4nc(cc5ccc(cc1n2)[nH]5)C=C4)[nH]3.c1cc[c]([Zn]([c]2ccccc2)([c]2ccccc2)([c]2ccccc2)[c]2ncc[nH]2)cc1. The van der Waals surface area contributed by atoms with Crippen molar-refractivity contribution >= 4 is 67.4 Å². The maximum atomic E-state index is 5.01. The Hall–Kier alpha value is -6.69. The van der Waals surface area contributed by atoms with Gasteiger partial charge in [0.1, 0.15) is 0 Å². The molecule has 0 spiro atoms. The number of fused-ring (bicyclic) bond motifs is 8. The predicted molar refractivity (Wildman–Crippen MR) is 221 cm³/mol. The Bertz CT molecular complexity index is 2420. The molecule has 54 heavy (non-hydrogen) atoms. The number of nitrogens with zero attached hydrogens (tertiary/aromatic N) is 3. The molecule has 0 aliphatic carbocycles. The van der Waals surface area contributed by atoms with Crippen molar-refractivity contribution in [2.45, 2.75) is 0 Å². The number of hydrogen-bond donors (Lipinski definition) is 3. The number of aromatic amines is 3. The summed E-state index contributed by atoms with van der Waals surface area (Å²) in [5.74, 6) is 0. The summed E-state index contributed by atoms with van der Waals surface area (Å²) in [6, 6.07) is 60.3. The average Bonchev–Trinajstić information content (AvgIpc) is 4.09. The molecule has 2 aliphatic heterocycles. The third kappa shape index (κ3) is 5.76. The summed E-state index contributed by atoms with van der Waals surface area (Å²) in [6.45, 7) is 0. The van der Waals surface area contributed by atoms with Crippen LogP contribution in [-0.4, -0.2) is 29.9 Å². The van der Waals surface area contributed by atoms with Crippen LogP contribution >= 0.6 is 0 Å². The molecule has 6 heterocycles. The molecular weight excluding hydrogens is 714 g/mol. The summed E-state index contributed by atoms with van der Waals surface area (Å²) in [5.41, 5.74) is 7.86. The normalized spacial score (nSPS) is 12.2. The molecule has 257 valence electrons. The van der Waals surface area contributed by atoms with E-state index in [0.29, 0.717) is 0 Å². The predicted octanol–water partition coefficient (Wildman–Crippen LogP) is 7.68. The zero-order valence-corrected chi connectivity index (χ0v) is 32.6. The van der Waals surface area contributed by atoms with Gasteiger partial charge in [-0.25, -0.2) is 9.97 Å². The Morgan fingerprint density at radius 3 is 0.963 bits per heavy atom. The molecule has 8 aromatic rings. The first kappa shape index (κ1) is 33.2. The Balaban J connectivity index is 0.000000146. The van der Waals surface area contributed by atoms with Gasteiger partial charge in [0.05, 0.1) is 22.8 Å². The Morgan fingerprint density at radius 2 is 0.685 bits per heavy atom. The second-order valence-corrected chi connectivity index (χ2v) is 30.3. The summed E-state index contributed by atoms with van der Waals surface area (Å²) in [4.78, 5) is 24.6. The first-order valence-electron chi connectivity index (χ1n) is 18.6. The first-order valence-corrected chi connectivity index (χ1v) is 26.0. The summed E-state index contributed by atoms with van der Waals surface area (Å²) in [5, 5.41) is 0. The van der Waals surface area contributed by atoms with Crippen LogP contribution in [-0.2, 0) is 13.6 Å². The van der Waals surface area contributed by atoms with E-state index in [4.69, 9.17) is 4.98 Å². The van der Waals surface area contributed by atoms with Gasteiger partial charge < -0.3 is 9.97 Å². The fourth-order valence-corrected chi connectivity index (χ4v) is 31.1. The number of rotatable bonds is 5. The summed E-state index contributed by atoms with van der Waals surface area (Å²) in [6.07, 6.45) is 11.9. The molecule has 4 aromatic heterocycles. The molecule has 7 heteroatoms. The van der Waals surface area contributed by atoms with Crippen LogP contribution in [0.5, 0.6) is 0 Å². The minimum atomic E-state index is -4.80. The minimum absolute atomic E-state index is 0.939. The van der Waals surface area contributed by atoms with E-state index in [1.807, 2.05) is 61.0 Å². The van der Waals surface area contributed by atoms with Gasteiger partial charge in [0.15, 0.2) is 0 Å². The van der Waals surface area contributed by atoms with Crippen LogP contribution in [0.4, 0.5) is 0 Å². The maximum absolute atomic E-state index is 5.01. The standard InChI is InChI=1S/C20H14N4.4C6H5.C3H3N2.Zn/c1-2-14-10-16-5-6-18(23-16)12-20-8-7-19(24-20)11-17-4-3-15(22-17)9-13(1)21-14;4*1-2-4-6-5-3-1;1-2-5-3-4-1;/h1-12,21,24H;4*1-5H;1-2H,(H,4,5);. The average molecular weight is 751 g/mol. The van der Waals surface area contributed by atoms with Crippen LogP contribution in [0.15, 0.2) is 182 Å². The number of imidazole rings is 1. The van der Waals surface area contributed by atoms with Crippen molar-refractivity contribution in [1.29, 1.82) is 0 Å². The van der Waals surface area contributed by atoms with Gasteiger partial charge >= 0.3 is 178 Å². The van der Waals surface area contributed by atoms with Crippen molar-refractivity contribution in [1.82, 2.24) is 29.9 Å². The zero-order valence-electron chi connectivity index (χ0n) is 29.7. The molecule has 0 saturated heterocycles. The summed E-state index contributed by atoms with van der Waals surface area (Å²) < 4.78 is 6.49. The van der Waals surface area contributed by atoms with Crippen LogP contribution in [0.25, 0.3) is 46.4 Å². The molecule has 6 nitrogen and oxygen atoms in total. The van der Waals surface area contributed by atoms with Gasteiger partial charge in [0.2, 0.25) is 0 Å². The molecule has 0 saturated carbocycles. The van der Waals surface area contributed by atoms with Gasteiger partial charge in [-0.2, -0.15) is 0 Å². The van der Waals surface area contributed by atoms with E-state index in [0.717, 1.165) is 49.3 Å². The van der Waals surface area contributed by atoms with Crippen molar-refractivity contribution in [2.24, 2.45) is 0 Å². The van der Waals surface area contributed by atoms with Crippen LogP contribution in [0.3, 0.4) is 0 Å². The van der Waals surface area contributed by atoms with E-state index in [9.17, 15) is 0 Å². The molecular formula is C47H37N6Zn. The number of nitrogens with one attached hydrogen (secondary N) is 3. The molecule has 2 aliphatic rings. The molecule has 0 unspecified atom stereocenters. The third-order valence-electron chi connectivity index (χ3n) is 11.9. The Labute approximate surface area is 314 Å². The molecule has 0 atom stereocenters. The van der Waals surface area contributed by atoms with Gasteiger partial charge in [0, 0.05) is 22.1 Å². The van der Waals surface area contributed by atoms with Gasteiger partial charge in [-0.05, 0) is 72.8 Å². The van der Waals surface area contributed by atoms with Crippen molar-refractivity contribution in [3.8, 4) is 0 Å². The first-order chi connectivity index (χ1) is 26.7. The van der Waals surface area contributed by atoms with Gasteiger partial charge in [-0.15, -0.1) is 0 Å². The molecule has 0 fully saturated rings. The molecule has 3 N–H and O–H groups in total. The van der Waals surface area contributed by atoms with Crippen molar-refractivity contribution in [2.75, 3.05) is 0 Å². The van der Waals surface area contributed by atoms with Crippen molar-refractivity contribution in [3.63, 3.8) is 0 Å². The number of benzene rings is 4. The molecule has 0 radical (unpaired) electrons. The van der Waals surface area contributed by atoms with Crippen LogP contribution in [0, 0.1) is 0 Å². The van der Waals surface area contributed by atoms with E-state index >= 15 is 0 Å². The second kappa shape index (κ2) is 14.0. The zero-order chi connectivity index (χ0) is 36.2. The van der Waals surface area contributed by atoms with E-state index in [-0.39, 0.29) is 0 Å². The summed E-state index contributed by atoms with van der Waals surface area (Å²) in [7, 11) is 0. The van der Waals surface area contributed by atoms with Gasteiger partial charge in [0.25, 0.3) is 0 Å². The topological polar surface area (TPSA) is 86.0 Å². The Morgan fingerprint density at radius 1 is 0.370 bits per heavy atom. The van der Waals surface area contributed by atoms with Gasteiger partial charge in [-0.3, -0.25) is 0 Å². The number of aromatic nitrogens is 6. The van der Waals surface area contributed by atoms with Crippen molar-refractivity contribution in [3.05, 3.63) is 205 Å². The van der Waals surface area contributed by atoms with Crippen LogP contribution < -0.4 is 21.0 Å². The monoisotopic (exact) mass is 749 g/mol. The summed E-state index contributed by atoms with van der Waals surface area (Å²) >= 11 is -4.80. The van der Waals surface area contributed by atoms with Crippen LogP contribution in [0.1, 0.15) is 22.8 Å². The second-order valence-electron chi connectivity index (χ2n) is 14.7. The molecule has 10 rings (SSSR count). The molecule has 8 bridgehead atoms. The molecule has 4 aromatic carbocycles. The quantitative estimate of drug-likeness (QED) is 0.158. The van der Waals surface area contributed by atoms with E-state index in [2.05, 4.69) is 171 Å². The fraction of sp³-hybridized carbons (Fsp3) is 0. The number of H-pyrrole nitrogens is 3. The van der Waals surface area contributed by atoms with E-state index in [1.54, 1.807) is 0 Å². The number of hydrogen-bond acceptors (Lipinski definition) is 3.